The fourth-order valence-corrected chi connectivity index (χ4v) is 2.22. The Kier molecular flexibility index (Phi) is 8.02. The first-order valence-corrected chi connectivity index (χ1v) is 6.56. The molecule has 0 aromatic heterocycles. The lowest BCUT2D eigenvalue weighted by atomic mass is 9.93. The van der Waals surface area contributed by atoms with Gasteiger partial charge in [-0.2, -0.15) is 0 Å². The molecule has 0 atom stereocenters. The number of halogens is 1. The standard InChI is InChI=1S/C13H24N2O3.ClH/c1-13(2,12(17)18-3)15-11(16)5-4-10-6-8-14-9-7-10;/h10,14H,4-9H2,1-3H3,(H,15,16);1H. The number of amides is 1. The lowest BCUT2D eigenvalue weighted by molar-refractivity contribution is -0.149. The first-order valence-electron chi connectivity index (χ1n) is 6.56. The summed E-state index contributed by atoms with van der Waals surface area (Å²) in [5.41, 5.74) is -0.944. The van der Waals surface area contributed by atoms with Gasteiger partial charge < -0.3 is 15.4 Å². The van der Waals surface area contributed by atoms with E-state index in [-0.39, 0.29) is 18.3 Å². The maximum absolute atomic E-state index is 11.8. The molecule has 19 heavy (non-hydrogen) atoms. The van der Waals surface area contributed by atoms with Crippen molar-refractivity contribution in [3.63, 3.8) is 0 Å². The number of methoxy groups -OCH3 is 1. The molecule has 2 N–H and O–H groups in total. The fourth-order valence-electron chi connectivity index (χ4n) is 2.22. The smallest absolute Gasteiger partial charge is 0.330 e. The van der Waals surface area contributed by atoms with Gasteiger partial charge in [0, 0.05) is 6.42 Å². The highest BCUT2D eigenvalue weighted by atomic mass is 35.5. The van der Waals surface area contributed by atoms with E-state index in [1.54, 1.807) is 13.8 Å². The van der Waals surface area contributed by atoms with Gasteiger partial charge in [-0.25, -0.2) is 4.79 Å². The fraction of sp³-hybridized carbons (Fsp3) is 0.846. The maximum Gasteiger partial charge on any atom is 0.330 e. The summed E-state index contributed by atoms with van der Waals surface area (Å²) < 4.78 is 4.65. The zero-order chi connectivity index (χ0) is 13.6. The Morgan fingerprint density at radius 2 is 1.89 bits per heavy atom. The number of piperidine rings is 1. The molecule has 0 aromatic carbocycles. The predicted molar refractivity (Wildman–Crippen MR) is 76.3 cm³/mol. The zero-order valence-electron chi connectivity index (χ0n) is 12.0. The van der Waals surface area contributed by atoms with Crippen LogP contribution in [0.2, 0.25) is 0 Å². The molecule has 6 heteroatoms. The summed E-state index contributed by atoms with van der Waals surface area (Å²) in [6.45, 7) is 5.39. The minimum absolute atomic E-state index is 0. The molecule has 0 unspecified atom stereocenters. The average molecular weight is 293 g/mol. The SMILES string of the molecule is COC(=O)C(C)(C)NC(=O)CCC1CCNCC1.Cl. The van der Waals surface area contributed by atoms with Gasteiger partial charge >= 0.3 is 5.97 Å². The van der Waals surface area contributed by atoms with Crippen LogP contribution in [0.3, 0.4) is 0 Å². The third-order valence-corrected chi connectivity index (χ3v) is 3.39. The minimum atomic E-state index is -0.944. The summed E-state index contributed by atoms with van der Waals surface area (Å²) in [6, 6.07) is 0. The molecule has 1 fully saturated rings. The van der Waals surface area contributed by atoms with E-state index in [0.29, 0.717) is 12.3 Å². The highest BCUT2D eigenvalue weighted by Crippen LogP contribution is 2.18. The van der Waals surface area contributed by atoms with E-state index in [2.05, 4.69) is 15.4 Å². The molecule has 0 saturated carbocycles. The predicted octanol–water partition coefficient (Wildman–Crippen LogP) is 1.26. The molecule has 0 aliphatic carbocycles. The Hall–Kier alpha value is -0.810. The van der Waals surface area contributed by atoms with Crippen LogP contribution in [0.25, 0.3) is 0 Å². The van der Waals surface area contributed by atoms with Crippen LogP contribution in [-0.4, -0.2) is 37.6 Å². The van der Waals surface area contributed by atoms with Crippen molar-refractivity contribution in [3.8, 4) is 0 Å². The third-order valence-electron chi connectivity index (χ3n) is 3.39. The second-order valence-electron chi connectivity index (χ2n) is 5.40. The summed E-state index contributed by atoms with van der Waals surface area (Å²) in [5, 5.41) is 6.02. The number of ether oxygens (including phenoxy) is 1. The van der Waals surface area contributed by atoms with Gasteiger partial charge in [-0.1, -0.05) is 0 Å². The molecular weight excluding hydrogens is 268 g/mol. The van der Waals surface area contributed by atoms with Crippen molar-refractivity contribution in [2.75, 3.05) is 20.2 Å². The van der Waals surface area contributed by atoms with E-state index in [0.717, 1.165) is 32.4 Å². The lowest BCUT2D eigenvalue weighted by Gasteiger charge is -2.25. The van der Waals surface area contributed by atoms with Gasteiger partial charge in [0.2, 0.25) is 5.91 Å². The number of carbonyl (C=O) groups is 2. The van der Waals surface area contributed by atoms with Crippen LogP contribution in [0.4, 0.5) is 0 Å². The number of esters is 1. The van der Waals surface area contributed by atoms with Gasteiger partial charge in [-0.15, -0.1) is 12.4 Å². The van der Waals surface area contributed by atoms with Gasteiger partial charge in [-0.05, 0) is 52.1 Å². The van der Waals surface area contributed by atoms with Crippen LogP contribution >= 0.6 is 12.4 Å². The maximum atomic E-state index is 11.8. The van der Waals surface area contributed by atoms with Gasteiger partial charge in [0.1, 0.15) is 5.54 Å². The molecule has 5 nitrogen and oxygen atoms in total. The first kappa shape index (κ1) is 18.2. The Morgan fingerprint density at radius 3 is 2.42 bits per heavy atom. The number of nitrogens with one attached hydrogen (secondary N) is 2. The molecule has 1 aliphatic rings. The molecule has 0 radical (unpaired) electrons. The molecule has 1 amide bonds. The Balaban J connectivity index is 0.00000324. The van der Waals surface area contributed by atoms with Crippen molar-refractivity contribution in [2.24, 2.45) is 5.92 Å². The van der Waals surface area contributed by atoms with Crippen LogP contribution in [-0.2, 0) is 14.3 Å². The van der Waals surface area contributed by atoms with Crippen LogP contribution in [0, 0.1) is 5.92 Å². The zero-order valence-corrected chi connectivity index (χ0v) is 12.8. The molecule has 0 bridgehead atoms. The second kappa shape index (κ2) is 8.38. The molecule has 1 aliphatic heterocycles. The monoisotopic (exact) mass is 292 g/mol. The topological polar surface area (TPSA) is 67.4 Å². The van der Waals surface area contributed by atoms with E-state index in [1.165, 1.54) is 7.11 Å². The Bertz CT molecular complexity index is 302. The van der Waals surface area contributed by atoms with Crippen molar-refractivity contribution < 1.29 is 14.3 Å². The second-order valence-corrected chi connectivity index (χ2v) is 5.40. The lowest BCUT2D eigenvalue weighted by Crippen LogP contribution is -2.50. The number of rotatable bonds is 5. The summed E-state index contributed by atoms with van der Waals surface area (Å²) >= 11 is 0. The van der Waals surface area contributed by atoms with Crippen LogP contribution in [0.15, 0.2) is 0 Å². The van der Waals surface area contributed by atoms with Gasteiger partial charge in [0.05, 0.1) is 7.11 Å². The first-order chi connectivity index (χ1) is 8.45. The molecule has 112 valence electrons. The molecule has 0 aromatic rings. The van der Waals surface area contributed by atoms with Crippen LogP contribution in [0.5, 0.6) is 0 Å². The molecule has 0 spiro atoms. The quantitative estimate of drug-likeness (QED) is 0.749. The minimum Gasteiger partial charge on any atom is -0.467 e. The third kappa shape index (κ3) is 6.25. The van der Waals surface area contributed by atoms with Crippen LogP contribution < -0.4 is 10.6 Å². The normalized spacial score (nSPS) is 16.4. The molecule has 1 saturated heterocycles. The van der Waals surface area contributed by atoms with E-state index in [9.17, 15) is 9.59 Å². The molecule has 1 heterocycles. The highest BCUT2D eigenvalue weighted by molar-refractivity contribution is 5.87. The number of hydrogen-bond donors (Lipinski definition) is 2. The molecule has 1 rings (SSSR count). The molecular formula is C13H25ClN2O3. The van der Waals surface area contributed by atoms with Crippen molar-refractivity contribution in [1.29, 1.82) is 0 Å². The van der Waals surface area contributed by atoms with Gasteiger partial charge in [-0.3, -0.25) is 4.79 Å². The van der Waals surface area contributed by atoms with Gasteiger partial charge in [0.25, 0.3) is 0 Å². The Labute approximate surface area is 121 Å². The summed E-state index contributed by atoms with van der Waals surface area (Å²) in [4.78, 5) is 23.2. The largest absolute Gasteiger partial charge is 0.467 e. The van der Waals surface area contributed by atoms with Crippen LogP contribution in [0.1, 0.15) is 39.5 Å². The van der Waals surface area contributed by atoms with E-state index in [1.807, 2.05) is 0 Å². The average Bonchev–Trinajstić information content (AvgIpc) is 2.36. The van der Waals surface area contributed by atoms with Gasteiger partial charge in [0.15, 0.2) is 0 Å². The van der Waals surface area contributed by atoms with Crippen molar-refractivity contribution in [1.82, 2.24) is 10.6 Å². The summed E-state index contributed by atoms with van der Waals surface area (Å²) in [6.07, 6.45) is 3.64. The Morgan fingerprint density at radius 1 is 1.32 bits per heavy atom. The van der Waals surface area contributed by atoms with Crippen molar-refractivity contribution in [2.45, 2.75) is 45.1 Å². The summed E-state index contributed by atoms with van der Waals surface area (Å²) in [7, 11) is 1.32. The van der Waals surface area contributed by atoms with E-state index in [4.69, 9.17) is 0 Å². The number of hydrogen-bond acceptors (Lipinski definition) is 4. The highest BCUT2D eigenvalue weighted by Gasteiger charge is 2.30. The number of carbonyl (C=O) groups excluding carboxylic acids is 2. The van der Waals surface area contributed by atoms with E-state index < -0.39 is 11.5 Å². The van der Waals surface area contributed by atoms with E-state index >= 15 is 0 Å². The van der Waals surface area contributed by atoms with Crippen molar-refractivity contribution >= 4 is 24.3 Å². The summed E-state index contributed by atoms with van der Waals surface area (Å²) in [5.74, 6) is 0.125. The van der Waals surface area contributed by atoms with Crippen molar-refractivity contribution in [3.05, 3.63) is 0 Å².